The molecule has 1 N–H and O–H groups in total. The lowest BCUT2D eigenvalue weighted by Gasteiger charge is -2.41. The lowest BCUT2D eigenvalue weighted by atomic mass is 9.83. The number of carbonyl (C=O) groups excluding carboxylic acids is 1. The molecule has 2 heterocycles. The quantitative estimate of drug-likeness (QED) is 0.626. The van der Waals surface area contributed by atoms with E-state index in [9.17, 15) is 13.2 Å². The van der Waals surface area contributed by atoms with Crippen molar-refractivity contribution in [3.63, 3.8) is 0 Å². The molecule has 1 amide bonds. The Kier molecular flexibility index (Phi) is 6.43. The monoisotopic (exact) mass is 474 g/mol. The fourth-order valence-electron chi connectivity index (χ4n) is 4.35. The summed E-state index contributed by atoms with van der Waals surface area (Å²) in [7, 11) is -3.71. The Morgan fingerprint density at radius 2 is 1.79 bits per heavy atom. The Bertz CT molecular complexity index is 1130. The first-order chi connectivity index (χ1) is 15.8. The average molecular weight is 475 g/mol. The molecule has 178 valence electrons. The highest BCUT2D eigenvalue weighted by molar-refractivity contribution is 7.92. The van der Waals surface area contributed by atoms with Crippen LogP contribution in [0.15, 0.2) is 42.5 Å². The van der Waals surface area contributed by atoms with Crippen molar-refractivity contribution in [1.29, 1.82) is 0 Å². The topological polar surface area (TPSA) is 94.2 Å². The van der Waals surface area contributed by atoms with Gasteiger partial charge in [-0.1, -0.05) is 32.0 Å². The minimum Gasteiger partial charge on any atom is -0.487 e. The molecule has 33 heavy (non-hydrogen) atoms. The van der Waals surface area contributed by atoms with Crippen LogP contribution in [0.25, 0.3) is 0 Å². The fourth-order valence-corrected chi connectivity index (χ4v) is 5.41. The molecule has 0 aromatic heterocycles. The summed E-state index contributed by atoms with van der Waals surface area (Å²) in [5.41, 5.74) is 0.884. The van der Waals surface area contributed by atoms with Gasteiger partial charge in [0.15, 0.2) is 11.5 Å². The number of para-hydroxylation sites is 1. The summed E-state index contributed by atoms with van der Waals surface area (Å²) in [4.78, 5) is 13.2. The van der Waals surface area contributed by atoms with Crippen molar-refractivity contribution in [2.24, 2.45) is 0 Å². The van der Waals surface area contributed by atoms with Gasteiger partial charge in [-0.05, 0) is 38.0 Å². The van der Waals surface area contributed by atoms with E-state index in [4.69, 9.17) is 14.2 Å². The molecule has 0 saturated carbocycles. The number of benzene rings is 2. The smallest absolute Gasteiger partial charge is 0.241 e. The van der Waals surface area contributed by atoms with Crippen LogP contribution in [0, 0.1) is 0 Å². The molecular formula is C24H30N2O6S. The van der Waals surface area contributed by atoms with E-state index < -0.39 is 10.0 Å². The molecule has 8 nitrogen and oxygen atoms in total. The third-order valence-electron chi connectivity index (χ3n) is 6.45. The van der Waals surface area contributed by atoms with Crippen LogP contribution >= 0.6 is 0 Å². The second-order valence-electron chi connectivity index (χ2n) is 8.30. The second-order valence-corrected chi connectivity index (χ2v) is 10.5. The third kappa shape index (κ3) is 4.59. The summed E-state index contributed by atoms with van der Waals surface area (Å²) in [5.74, 6) is 1.24. The van der Waals surface area contributed by atoms with Crippen molar-refractivity contribution in [3.8, 4) is 17.2 Å². The van der Waals surface area contributed by atoms with E-state index in [0.29, 0.717) is 23.6 Å². The maximum absolute atomic E-state index is 13.2. The zero-order valence-corrected chi connectivity index (χ0v) is 20.0. The summed E-state index contributed by atoms with van der Waals surface area (Å²) in [5, 5.41) is 3.07. The Labute approximate surface area is 194 Å². The van der Waals surface area contributed by atoms with Crippen LogP contribution < -0.4 is 23.8 Å². The number of rotatable bonds is 8. The van der Waals surface area contributed by atoms with Crippen molar-refractivity contribution >= 4 is 21.6 Å². The first kappa shape index (κ1) is 23.2. The number of hydrogen-bond acceptors (Lipinski definition) is 6. The van der Waals surface area contributed by atoms with Gasteiger partial charge in [0.05, 0.1) is 17.5 Å². The van der Waals surface area contributed by atoms with E-state index in [-0.39, 0.29) is 36.6 Å². The molecule has 4 rings (SSSR count). The number of carbonyl (C=O) groups is 1. The number of sulfonamides is 1. The molecule has 0 saturated heterocycles. The maximum Gasteiger partial charge on any atom is 0.241 e. The normalized spacial score (nSPS) is 18.2. The van der Waals surface area contributed by atoms with Crippen LogP contribution in [-0.2, 0) is 14.8 Å². The minimum absolute atomic E-state index is 0.0829. The fraction of sp³-hybridized carbons (Fsp3) is 0.458. The van der Waals surface area contributed by atoms with Crippen molar-refractivity contribution < 1.29 is 27.4 Å². The van der Waals surface area contributed by atoms with E-state index in [1.807, 2.05) is 24.3 Å². The van der Waals surface area contributed by atoms with Gasteiger partial charge in [-0.15, -0.1) is 0 Å². The molecule has 0 unspecified atom stereocenters. The maximum atomic E-state index is 13.2. The third-order valence-corrected chi connectivity index (χ3v) is 8.19. The Hall–Kier alpha value is -2.94. The lowest BCUT2D eigenvalue weighted by molar-refractivity contribution is -0.121. The van der Waals surface area contributed by atoms with E-state index in [1.54, 1.807) is 25.1 Å². The largest absolute Gasteiger partial charge is 0.487 e. The SMILES string of the molecule is CCC1(CC)C[C@@H](NC(=O)CN(c2ccc3c(c2)OCO3)S(=O)(=O)CC)c2ccccc2O1. The predicted octanol–water partition coefficient (Wildman–Crippen LogP) is 3.77. The summed E-state index contributed by atoms with van der Waals surface area (Å²) in [6, 6.07) is 12.3. The Morgan fingerprint density at radius 1 is 1.06 bits per heavy atom. The van der Waals surface area contributed by atoms with Crippen LogP contribution in [0.3, 0.4) is 0 Å². The van der Waals surface area contributed by atoms with E-state index in [1.165, 1.54) is 0 Å². The zero-order valence-electron chi connectivity index (χ0n) is 19.2. The van der Waals surface area contributed by atoms with Crippen LogP contribution in [0.1, 0.15) is 51.6 Å². The highest BCUT2D eigenvalue weighted by Crippen LogP contribution is 2.42. The number of fused-ring (bicyclic) bond motifs is 2. The highest BCUT2D eigenvalue weighted by atomic mass is 32.2. The second kappa shape index (κ2) is 9.13. The van der Waals surface area contributed by atoms with Crippen molar-refractivity contribution in [2.45, 2.75) is 51.7 Å². The highest BCUT2D eigenvalue weighted by Gasteiger charge is 2.39. The van der Waals surface area contributed by atoms with Gasteiger partial charge in [-0.3, -0.25) is 9.10 Å². The van der Waals surface area contributed by atoms with E-state index in [0.717, 1.165) is 28.5 Å². The molecule has 2 aromatic rings. The predicted molar refractivity (Wildman–Crippen MR) is 125 cm³/mol. The first-order valence-corrected chi connectivity index (χ1v) is 12.9. The number of nitrogens with one attached hydrogen (secondary N) is 1. The van der Waals surface area contributed by atoms with E-state index in [2.05, 4.69) is 19.2 Å². The summed E-state index contributed by atoms with van der Waals surface area (Å²) < 4.78 is 43.9. The van der Waals surface area contributed by atoms with Gasteiger partial charge in [0.1, 0.15) is 17.9 Å². The summed E-state index contributed by atoms with van der Waals surface area (Å²) in [6.45, 7) is 5.45. The molecule has 2 aromatic carbocycles. The minimum atomic E-state index is -3.71. The zero-order chi connectivity index (χ0) is 23.6. The number of nitrogens with zero attached hydrogens (tertiary/aromatic N) is 1. The van der Waals surface area contributed by atoms with Gasteiger partial charge in [-0.2, -0.15) is 0 Å². The number of hydrogen-bond donors (Lipinski definition) is 1. The number of amides is 1. The van der Waals surface area contributed by atoms with Crippen LogP contribution in [0.2, 0.25) is 0 Å². The van der Waals surface area contributed by atoms with Gasteiger partial charge in [0.2, 0.25) is 22.7 Å². The lowest BCUT2D eigenvalue weighted by Crippen LogP contribution is -2.47. The number of ether oxygens (including phenoxy) is 3. The Balaban J connectivity index is 1.59. The van der Waals surface area contributed by atoms with Crippen LogP contribution in [0.5, 0.6) is 17.2 Å². The molecule has 2 aliphatic heterocycles. The van der Waals surface area contributed by atoms with Crippen molar-refractivity contribution in [3.05, 3.63) is 48.0 Å². The molecule has 0 aliphatic carbocycles. The number of anilines is 1. The molecule has 0 spiro atoms. The summed E-state index contributed by atoms with van der Waals surface area (Å²) in [6.07, 6.45) is 2.22. The van der Waals surface area contributed by atoms with E-state index >= 15 is 0 Å². The molecule has 2 aliphatic rings. The van der Waals surface area contributed by atoms with Crippen LogP contribution in [-0.4, -0.2) is 39.0 Å². The standard InChI is InChI=1S/C24H30N2O6S/c1-4-24(5-2)14-19(18-9-7-8-10-20(18)32-24)25-23(27)15-26(33(28,29)6-3)17-11-12-21-22(13-17)31-16-30-21/h7-13,19H,4-6,14-16H2,1-3H3,(H,25,27)/t19-/m1/s1. The van der Waals surface area contributed by atoms with Gasteiger partial charge >= 0.3 is 0 Å². The van der Waals surface area contributed by atoms with Gasteiger partial charge in [-0.25, -0.2) is 8.42 Å². The van der Waals surface area contributed by atoms with Gasteiger partial charge in [0, 0.05) is 18.1 Å². The van der Waals surface area contributed by atoms with Crippen molar-refractivity contribution in [2.75, 3.05) is 23.4 Å². The molecule has 0 bridgehead atoms. The first-order valence-electron chi connectivity index (χ1n) is 11.3. The molecule has 0 radical (unpaired) electrons. The van der Waals surface area contributed by atoms with Crippen LogP contribution in [0.4, 0.5) is 5.69 Å². The Morgan fingerprint density at radius 3 is 2.52 bits per heavy atom. The molecule has 0 fully saturated rings. The van der Waals surface area contributed by atoms with Gasteiger partial charge in [0.25, 0.3) is 0 Å². The molecular weight excluding hydrogens is 444 g/mol. The average Bonchev–Trinajstić information content (AvgIpc) is 3.30. The van der Waals surface area contributed by atoms with Crippen molar-refractivity contribution in [1.82, 2.24) is 5.32 Å². The molecule has 1 atom stereocenters. The summed E-state index contributed by atoms with van der Waals surface area (Å²) >= 11 is 0. The van der Waals surface area contributed by atoms with Gasteiger partial charge < -0.3 is 19.5 Å². The molecule has 9 heteroatoms.